The molecule has 0 spiro atoms. The third-order valence-electron chi connectivity index (χ3n) is 3.92. The van der Waals surface area contributed by atoms with Crippen molar-refractivity contribution in [3.8, 4) is 5.75 Å². The highest BCUT2D eigenvalue weighted by Gasteiger charge is 2.32. The van der Waals surface area contributed by atoms with Crippen LogP contribution >= 0.6 is 23.4 Å². The summed E-state index contributed by atoms with van der Waals surface area (Å²) in [6.45, 7) is 5.70. The molecular weight excluding hydrogens is 380 g/mol. The first-order valence-electron chi connectivity index (χ1n) is 8.32. The van der Waals surface area contributed by atoms with Crippen LogP contribution in [-0.2, 0) is 4.79 Å². The number of carbonyl (C=O) groups excluding carboxylic acids is 1. The Labute approximate surface area is 168 Å². The monoisotopic (exact) mass is 398 g/mol. The molecule has 0 fully saturated rings. The van der Waals surface area contributed by atoms with Crippen molar-refractivity contribution < 1.29 is 9.53 Å². The van der Waals surface area contributed by atoms with Gasteiger partial charge in [-0.25, -0.2) is 4.99 Å². The maximum Gasteiger partial charge on any atom is 0.283 e. The number of benzene rings is 2. The fraction of sp³-hybridized carbons (Fsp3) is 0.143. The predicted octanol–water partition coefficient (Wildman–Crippen LogP) is 5.32. The van der Waals surface area contributed by atoms with Crippen LogP contribution in [0.25, 0.3) is 6.08 Å². The summed E-state index contributed by atoms with van der Waals surface area (Å²) in [4.78, 5) is 19.2. The number of nitrogens with zero attached hydrogens (tertiary/aromatic N) is 2. The number of carbonyl (C=O) groups is 1. The lowest BCUT2D eigenvalue weighted by Crippen LogP contribution is -2.30. The molecule has 0 atom stereocenters. The lowest BCUT2D eigenvalue weighted by Gasteiger charge is -2.19. The van der Waals surface area contributed by atoms with Crippen molar-refractivity contribution in [1.82, 2.24) is 0 Å². The van der Waals surface area contributed by atoms with Crippen LogP contribution in [0.4, 0.5) is 5.69 Å². The van der Waals surface area contributed by atoms with Gasteiger partial charge in [-0.05, 0) is 48.4 Å². The van der Waals surface area contributed by atoms with Crippen LogP contribution in [-0.4, -0.2) is 23.9 Å². The summed E-state index contributed by atoms with van der Waals surface area (Å²) in [7, 11) is 1.62. The van der Waals surface area contributed by atoms with Gasteiger partial charge < -0.3 is 4.74 Å². The molecule has 2 aromatic carbocycles. The lowest BCUT2D eigenvalue weighted by molar-refractivity contribution is -0.113. The second kappa shape index (κ2) is 8.46. The summed E-state index contributed by atoms with van der Waals surface area (Å²) in [6, 6.07) is 13.1. The van der Waals surface area contributed by atoms with E-state index in [1.807, 2.05) is 49.4 Å². The molecule has 0 unspecified atom stereocenters. The molecule has 2 aromatic rings. The van der Waals surface area contributed by atoms with E-state index < -0.39 is 0 Å². The minimum atomic E-state index is -0.205. The summed E-state index contributed by atoms with van der Waals surface area (Å²) >= 11 is 7.85. The fourth-order valence-electron chi connectivity index (χ4n) is 2.59. The smallest absolute Gasteiger partial charge is 0.283 e. The largest absolute Gasteiger partial charge is 0.497 e. The van der Waals surface area contributed by atoms with Gasteiger partial charge in [-0.15, -0.1) is 6.58 Å². The van der Waals surface area contributed by atoms with E-state index >= 15 is 0 Å². The fourth-order valence-corrected chi connectivity index (χ4v) is 3.65. The van der Waals surface area contributed by atoms with E-state index in [1.54, 1.807) is 24.2 Å². The molecule has 4 nitrogen and oxygen atoms in total. The van der Waals surface area contributed by atoms with Crippen molar-refractivity contribution in [2.45, 2.75) is 6.92 Å². The highest BCUT2D eigenvalue weighted by Crippen LogP contribution is 2.34. The Morgan fingerprint density at radius 3 is 2.63 bits per heavy atom. The molecule has 1 aliphatic heterocycles. The molecule has 138 valence electrons. The molecular formula is C21H19ClN2O2S. The molecule has 1 amide bonds. The number of rotatable bonds is 5. The van der Waals surface area contributed by atoms with Crippen LogP contribution in [0.2, 0.25) is 5.02 Å². The van der Waals surface area contributed by atoms with Gasteiger partial charge in [0, 0.05) is 5.75 Å². The van der Waals surface area contributed by atoms with Gasteiger partial charge in [0.2, 0.25) is 0 Å². The topological polar surface area (TPSA) is 41.9 Å². The highest BCUT2D eigenvalue weighted by molar-refractivity contribution is 8.14. The number of thioether (sulfide) groups is 1. The van der Waals surface area contributed by atoms with Gasteiger partial charge in [0.1, 0.15) is 11.4 Å². The summed E-state index contributed by atoms with van der Waals surface area (Å²) in [5, 5.41) is 1.10. The quantitative estimate of drug-likeness (QED) is 0.505. The Hall–Kier alpha value is -2.50. The number of ether oxygens (including phenoxy) is 1. The molecule has 0 bridgehead atoms. The van der Waals surface area contributed by atoms with Crippen molar-refractivity contribution >= 4 is 46.2 Å². The average molecular weight is 399 g/mol. The van der Waals surface area contributed by atoms with Crippen LogP contribution in [0.5, 0.6) is 5.75 Å². The number of methoxy groups -OCH3 is 1. The zero-order chi connectivity index (χ0) is 19.4. The SMILES string of the molecule is C=CCSC1=NC(=Cc2ccc(OC)cc2)C(=O)N1c1ccc(C)cc1Cl. The van der Waals surface area contributed by atoms with E-state index in [9.17, 15) is 4.79 Å². The van der Waals surface area contributed by atoms with Gasteiger partial charge in [0.25, 0.3) is 5.91 Å². The number of hydrogen-bond donors (Lipinski definition) is 0. The number of aliphatic imine (C=N–C) groups is 1. The Balaban J connectivity index is 1.99. The molecule has 1 heterocycles. The molecule has 0 aromatic heterocycles. The van der Waals surface area contributed by atoms with Crippen LogP contribution in [0.3, 0.4) is 0 Å². The lowest BCUT2D eigenvalue weighted by atomic mass is 10.1. The van der Waals surface area contributed by atoms with E-state index in [4.69, 9.17) is 16.3 Å². The number of halogens is 1. The number of amides is 1. The van der Waals surface area contributed by atoms with Crippen molar-refractivity contribution in [2.75, 3.05) is 17.8 Å². The first-order chi connectivity index (χ1) is 13.0. The van der Waals surface area contributed by atoms with Crippen molar-refractivity contribution in [3.63, 3.8) is 0 Å². The minimum Gasteiger partial charge on any atom is -0.497 e. The Morgan fingerprint density at radius 2 is 2.00 bits per heavy atom. The minimum absolute atomic E-state index is 0.205. The standard InChI is InChI=1S/C21H19ClN2O2S/c1-4-11-27-21-23-18(13-15-6-8-16(26-3)9-7-15)20(25)24(21)19-10-5-14(2)12-17(19)22/h4-10,12-13H,1,11H2,2-3H3. The molecule has 6 heteroatoms. The van der Waals surface area contributed by atoms with Crippen LogP contribution in [0.1, 0.15) is 11.1 Å². The second-order valence-electron chi connectivity index (χ2n) is 5.89. The molecule has 1 aliphatic rings. The van der Waals surface area contributed by atoms with E-state index in [1.165, 1.54) is 11.8 Å². The van der Waals surface area contributed by atoms with Gasteiger partial charge in [-0.1, -0.05) is 47.6 Å². The van der Waals surface area contributed by atoms with E-state index in [0.29, 0.717) is 27.3 Å². The van der Waals surface area contributed by atoms with Crippen molar-refractivity contribution in [2.24, 2.45) is 4.99 Å². The van der Waals surface area contributed by atoms with E-state index in [-0.39, 0.29) is 5.91 Å². The average Bonchev–Trinajstić information content (AvgIpc) is 2.96. The van der Waals surface area contributed by atoms with E-state index in [2.05, 4.69) is 11.6 Å². The van der Waals surface area contributed by atoms with Crippen molar-refractivity contribution in [3.05, 3.63) is 77.0 Å². The van der Waals surface area contributed by atoms with Gasteiger partial charge in [0.05, 0.1) is 17.8 Å². The number of anilines is 1. The second-order valence-corrected chi connectivity index (χ2v) is 7.29. The van der Waals surface area contributed by atoms with Gasteiger partial charge >= 0.3 is 0 Å². The third-order valence-corrected chi connectivity index (χ3v) is 5.16. The van der Waals surface area contributed by atoms with Crippen molar-refractivity contribution in [1.29, 1.82) is 0 Å². The third kappa shape index (κ3) is 4.26. The Morgan fingerprint density at radius 1 is 1.26 bits per heavy atom. The maximum atomic E-state index is 13.1. The molecule has 0 aliphatic carbocycles. The molecule has 3 rings (SSSR count). The predicted molar refractivity (Wildman–Crippen MR) is 115 cm³/mol. The normalized spacial score (nSPS) is 15.2. The Bertz CT molecular complexity index is 936. The summed E-state index contributed by atoms with van der Waals surface area (Å²) in [6.07, 6.45) is 3.54. The molecule has 0 saturated carbocycles. The summed E-state index contributed by atoms with van der Waals surface area (Å²) < 4.78 is 5.17. The van der Waals surface area contributed by atoms with Gasteiger partial charge in [0.15, 0.2) is 5.17 Å². The molecule has 27 heavy (non-hydrogen) atoms. The number of amidine groups is 1. The van der Waals surface area contributed by atoms with Crippen LogP contribution in [0.15, 0.2) is 65.8 Å². The maximum absolute atomic E-state index is 13.1. The van der Waals surface area contributed by atoms with E-state index in [0.717, 1.165) is 16.9 Å². The van der Waals surface area contributed by atoms with Gasteiger partial charge in [-0.2, -0.15) is 0 Å². The number of aryl methyl sites for hydroxylation is 1. The first-order valence-corrected chi connectivity index (χ1v) is 9.68. The van der Waals surface area contributed by atoms with Gasteiger partial charge in [-0.3, -0.25) is 9.69 Å². The van der Waals surface area contributed by atoms with Crippen LogP contribution < -0.4 is 9.64 Å². The number of hydrogen-bond acceptors (Lipinski definition) is 4. The van der Waals surface area contributed by atoms with Crippen LogP contribution in [0, 0.1) is 6.92 Å². The zero-order valence-electron chi connectivity index (χ0n) is 15.1. The summed E-state index contributed by atoms with van der Waals surface area (Å²) in [5.74, 6) is 1.19. The highest BCUT2D eigenvalue weighted by atomic mass is 35.5. The molecule has 0 N–H and O–H groups in total. The molecule has 0 saturated heterocycles. The summed E-state index contributed by atoms with van der Waals surface area (Å²) in [5.41, 5.74) is 2.89. The zero-order valence-corrected chi connectivity index (χ0v) is 16.7. The Kier molecular flexibility index (Phi) is 6.04. The molecule has 0 radical (unpaired) electrons. The first kappa shape index (κ1) is 19.3.